The first kappa shape index (κ1) is 27.1. The number of sulfone groups is 1. The molecule has 3 heterocycles. The second-order valence-corrected chi connectivity index (χ2v) is 12.5. The van der Waals surface area contributed by atoms with E-state index in [-0.39, 0.29) is 34.7 Å². The fraction of sp³-hybridized carbons (Fsp3) is 0.267. The normalized spacial score (nSPS) is 13.6. The van der Waals surface area contributed by atoms with Crippen LogP contribution in [0.25, 0.3) is 10.8 Å². The molecule has 2 N–H and O–H groups in total. The number of hydrogen-bond acceptors (Lipinski definition) is 9. The van der Waals surface area contributed by atoms with Gasteiger partial charge in [-0.3, -0.25) is 4.79 Å². The number of anilines is 3. The number of fused-ring (bicyclic) bond motifs is 1. The van der Waals surface area contributed by atoms with Gasteiger partial charge in [0.15, 0.2) is 6.29 Å². The van der Waals surface area contributed by atoms with E-state index in [1.807, 2.05) is 12.3 Å². The quantitative estimate of drug-likeness (QED) is 0.254. The molecule has 1 saturated heterocycles. The van der Waals surface area contributed by atoms with Crippen molar-refractivity contribution in [1.29, 1.82) is 0 Å². The van der Waals surface area contributed by atoms with Gasteiger partial charge >= 0.3 is 0 Å². The first-order chi connectivity index (χ1) is 19.1. The van der Waals surface area contributed by atoms with E-state index >= 15 is 0 Å². The molecular weight excluding hydrogens is 526 g/mol. The van der Waals surface area contributed by atoms with Gasteiger partial charge in [-0.1, -0.05) is 31.9 Å². The Hall–Kier alpha value is -4.49. The predicted molar refractivity (Wildman–Crippen MR) is 156 cm³/mol. The third-order valence-electron chi connectivity index (χ3n) is 6.79. The van der Waals surface area contributed by atoms with Crippen molar-refractivity contribution < 1.29 is 18.3 Å². The maximum Gasteiger partial charge on any atom is 0.207 e. The Morgan fingerprint density at radius 3 is 2.62 bits per heavy atom. The molecule has 0 unspecified atom stereocenters. The van der Waals surface area contributed by atoms with Gasteiger partial charge in [0.25, 0.3) is 0 Å². The fourth-order valence-corrected chi connectivity index (χ4v) is 5.99. The Labute approximate surface area is 233 Å². The summed E-state index contributed by atoms with van der Waals surface area (Å²) in [5, 5.41) is 15.2. The summed E-state index contributed by atoms with van der Waals surface area (Å²) in [7, 11) is -3.00. The topological polar surface area (TPSA) is 125 Å². The van der Waals surface area contributed by atoms with Crippen LogP contribution in [0.15, 0.2) is 54.9 Å². The number of rotatable bonds is 7. The van der Waals surface area contributed by atoms with Crippen LogP contribution in [0.5, 0.6) is 5.75 Å². The van der Waals surface area contributed by atoms with E-state index in [0.717, 1.165) is 16.5 Å². The van der Waals surface area contributed by atoms with Crippen molar-refractivity contribution in [2.75, 3.05) is 35.3 Å². The third kappa shape index (κ3) is 5.90. The Morgan fingerprint density at radius 1 is 1.10 bits per heavy atom. The number of carbonyl (C=O) groups excluding carboxylic acids is 1. The smallest absolute Gasteiger partial charge is 0.207 e. The molecule has 0 saturated carbocycles. The lowest BCUT2D eigenvalue weighted by molar-refractivity contribution is 0.112. The molecule has 0 spiro atoms. The highest BCUT2D eigenvalue weighted by Crippen LogP contribution is 2.37. The zero-order chi connectivity index (χ0) is 28.4. The lowest BCUT2D eigenvalue weighted by Gasteiger charge is -2.41. The van der Waals surface area contributed by atoms with E-state index in [9.17, 15) is 18.3 Å². The zero-order valence-corrected chi connectivity index (χ0v) is 23.2. The van der Waals surface area contributed by atoms with E-state index in [0.29, 0.717) is 36.6 Å². The molecule has 9 nitrogen and oxygen atoms in total. The Bertz CT molecular complexity index is 1770. The largest absolute Gasteiger partial charge is 0.507 e. The van der Waals surface area contributed by atoms with Gasteiger partial charge in [-0.25, -0.2) is 23.4 Å². The van der Waals surface area contributed by atoms with Crippen molar-refractivity contribution in [2.24, 2.45) is 5.92 Å². The summed E-state index contributed by atoms with van der Waals surface area (Å²) >= 11 is 0. The highest BCUT2D eigenvalue weighted by Gasteiger charge is 2.31. The van der Waals surface area contributed by atoms with Gasteiger partial charge in [0.2, 0.25) is 5.82 Å². The van der Waals surface area contributed by atoms with Crippen LogP contribution in [-0.4, -0.2) is 59.9 Å². The Morgan fingerprint density at radius 2 is 1.90 bits per heavy atom. The molecule has 0 radical (unpaired) electrons. The van der Waals surface area contributed by atoms with Crippen molar-refractivity contribution in [3.05, 3.63) is 77.4 Å². The van der Waals surface area contributed by atoms with Crippen LogP contribution in [0.1, 0.15) is 47.1 Å². The molecule has 1 aliphatic heterocycles. The Balaban J connectivity index is 1.41. The molecule has 40 heavy (non-hydrogen) atoms. The first-order valence-corrected chi connectivity index (χ1v) is 14.9. The summed E-state index contributed by atoms with van der Waals surface area (Å²) in [4.78, 5) is 26.8. The molecule has 204 valence electrons. The number of aldehydes is 1. The van der Waals surface area contributed by atoms with Crippen molar-refractivity contribution in [1.82, 2.24) is 15.0 Å². The molecular formula is C30H29N5O4S. The molecule has 0 aliphatic carbocycles. The maximum atomic E-state index is 11.7. The van der Waals surface area contributed by atoms with E-state index in [1.54, 1.807) is 24.4 Å². The first-order valence-electron chi connectivity index (χ1n) is 12.9. The summed E-state index contributed by atoms with van der Waals surface area (Å²) < 4.78 is 23.4. The maximum absolute atomic E-state index is 11.7. The van der Waals surface area contributed by atoms with Crippen molar-refractivity contribution >= 4 is 44.2 Å². The van der Waals surface area contributed by atoms with Crippen LogP contribution >= 0.6 is 0 Å². The number of hydrogen-bond donors (Lipinski definition) is 2. The number of benzene rings is 2. The van der Waals surface area contributed by atoms with Gasteiger partial charge < -0.3 is 15.3 Å². The average Bonchev–Trinajstić information content (AvgIpc) is 2.88. The minimum absolute atomic E-state index is 0.120. The standard InChI is InChI=1S/C30H29N5O4S/c1-19(2)22-8-9-26(35-15-20(16-35)18-40(3,38)39)24-14-32-30(13-23(22)24)34-29-11-12-31-28(33-29)10-7-21-5-4-6-27(37)25(21)17-36/h4-6,8-9,11-14,17,19-20,37H,15-16,18H2,1-3H3,(H,31,32,33,34). The number of aromatic nitrogens is 3. The number of nitrogens with one attached hydrogen (secondary N) is 1. The predicted octanol–water partition coefficient (Wildman–Crippen LogP) is 4.29. The zero-order valence-electron chi connectivity index (χ0n) is 22.4. The van der Waals surface area contributed by atoms with E-state index in [2.05, 4.69) is 63.0 Å². The van der Waals surface area contributed by atoms with E-state index in [1.165, 1.54) is 17.9 Å². The van der Waals surface area contributed by atoms with Gasteiger partial charge in [-0.2, -0.15) is 0 Å². The SMILES string of the molecule is CC(C)c1ccc(N2CC(CS(C)(=O)=O)C2)c2cnc(Nc3ccnc(C#Cc4cccc(O)c4C=O)n3)cc12. The summed E-state index contributed by atoms with van der Waals surface area (Å²) in [6.45, 7) is 5.69. The van der Waals surface area contributed by atoms with Gasteiger partial charge in [-0.05, 0) is 53.1 Å². The van der Waals surface area contributed by atoms with Crippen LogP contribution in [0, 0.1) is 17.8 Å². The van der Waals surface area contributed by atoms with Gasteiger partial charge in [-0.15, -0.1) is 0 Å². The molecule has 0 atom stereocenters. The molecule has 1 aliphatic rings. The molecule has 4 aromatic rings. The average molecular weight is 556 g/mol. The van der Waals surface area contributed by atoms with E-state index < -0.39 is 9.84 Å². The van der Waals surface area contributed by atoms with Crippen LogP contribution in [0.2, 0.25) is 0 Å². The summed E-state index contributed by atoms with van der Waals surface area (Å²) in [6.07, 6.45) is 5.27. The minimum atomic E-state index is -3.00. The van der Waals surface area contributed by atoms with Crippen molar-refractivity contribution in [3.63, 3.8) is 0 Å². The number of nitrogens with zero attached hydrogens (tertiary/aromatic N) is 4. The molecule has 2 aromatic carbocycles. The molecule has 10 heteroatoms. The second-order valence-electron chi connectivity index (χ2n) is 10.3. The van der Waals surface area contributed by atoms with Crippen molar-refractivity contribution in [2.45, 2.75) is 19.8 Å². The highest BCUT2D eigenvalue weighted by atomic mass is 32.2. The van der Waals surface area contributed by atoms with Crippen LogP contribution < -0.4 is 10.2 Å². The number of phenolic OH excluding ortho intramolecular Hbond substituents is 1. The van der Waals surface area contributed by atoms with E-state index in [4.69, 9.17) is 0 Å². The minimum Gasteiger partial charge on any atom is -0.507 e. The summed E-state index contributed by atoms with van der Waals surface area (Å²) in [6, 6.07) is 12.6. The summed E-state index contributed by atoms with van der Waals surface area (Å²) in [5.74, 6) is 7.56. The second kappa shape index (κ2) is 10.9. The molecule has 2 aromatic heterocycles. The van der Waals surface area contributed by atoms with Gasteiger partial charge in [0.05, 0.1) is 11.3 Å². The molecule has 5 rings (SSSR count). The van der Waals surface area contributed by atoms with Crippen LogP contribution in [-0.2, 0) is 9.84 Å². The lowest BCUT2D eigenvalue weighted by Crippen LogP contribution is -2.49. The fourth-order valence-electron chi connectivity index (χ4n) is 4.92. The van der Waals surface area contributed by atoms with Crippen LogP contribution in [0.3, 0.4) is 0 Å². The molecule has 0 amide bonds. The highest BCUT2D eigenvalue weighted by molar-refractivity contribution is 7.90. The number of phenols is 1. The molecule has 1 fully saturated rings. The third-order valence-corrected chi connectivity index (χ3v) is 7.87. The molecule has 0 bridgehead atoms. The lowest BCUT2D eigenvalue weighted by atomic mass is 9.93. The summed E-state index contributed by atoms with van der Waals surface area (Å²) in [5.41, 5.74) is 2.73. The number of pyridine rings is 1. The Kier molecular flexibility index (Phi) is 7.41. The van der Waals surface area contributed by atoms with Gasteiger partial charge in [0.1, 0.15) is 27.2 Å². The number of aromatic hydroxyl groups is 1. The monoisotopic (exact) mass is 555 g/mol. The van der Waals surface area contributed by atoms with Crippen LogP contribution in [0.4, 0.5) is 17.3 Å². The number of carbonyl (C=O) groups is 1. The van der Waals surface area contributed by atoms with Gasteiger partial charge in [0, 0.05) is 54.3 Å². The van der Waals surface area contributed by atoms with Crippen molar-refractivity contribution in [3.8, 4) is 17.6 Å².